The van der Waals surface area contributed by atoms with Gasteiger partial charge in [0.05, 0.1) is 5.56 Å². The molecule has 2 rings (SSSR count). The van der Waals surface area contributed by atoms with Gasteiger partial charge in [-0.3, -0.25) is 4.79 Å². The summed E-state index contributed by atoms with van der Waals surface area (Å²) in [6.07, 6.45) is 2.44. The molecule has 0 radical (unpaired) electrons. The first kappa shape index (κ1) is 13.9. The smallest absolute Gasteiger partial charge is 0.252 e. The van der Waals surface area contributed by atoms with Gasteiger partial charge in [0.25, 0.3) is 5.91 Å². The lowest BCUT2D eigenvalue weighted by Crippen LogP contribution is -2.32. The van der Waals surface area contributed by atoms with Crippen LogP contribution in [0.3, 0.4) is 0 Å². The van der Waals surface area contributed by atoms with E-state index in [0.717, 1.165) is 15.9 Å². The first-order valence-electron chi connectivity index (χ1n) is 6.21. The van der Waals surface area contributed by atoms with Crippen molar-refractivity contribution < 1.29 is 4.79 Å². The number of carbonyl (C=O) groups is 1. The minimum absolute atomic E-state index is 0.0234. The van der Waals surface area contributed by atoms with Crippen molar-refractivity contribution in [3.8, 4) is 0 Å². The maximum atomic E-state index is 12.1. The quantitative estimate of drug-likeness (QED) is 0.807. The fraction of sp³-hybridized carbons (Fsp3) is 0.500. The van der Waals surface area contributed by atoms with Crippen LogP contribution in [0.15, 0.2) is 27.6 Å². The van der Waals surface area contributed by atoms with E-state index in [1.807, 2.05) is 12.1 Å². The molecular weight excluding hydrogens is 310 g/mol. The topological polar surface area (TPSA) is 29.1 Å². The van der Waals surface area contributed by atoms with Crippen LogP contribution in [-0.2, 0) is 0 Å². The number of hydrogen-bond donors (Lipinski definition) is 2. The average Bonchev–Trinajstić information content (AvgIpc) is 3.10. The molecule has 1 amide bonds. The molecule has 1 aliphatic rings. The van der Waals surface area contributed by atoms with E-state index in [0.29, 0.717) is 16.9 Å². The fourth-order valence-corrected chi connectivity index (χ4v) is 2.79. The van der Waals surface area contributed by atoms with E-state index in [9.17, 15) is 4.79 Å². The van der Waals surface area contributed by atoms with Crippen LogP contribution in [-0.4, -0.2) is 12.5 Å². The van der Waals surface area contributed by atoms with Crippen molar-refractivity contribution in [3.63, 3.8) is 0 Å². The lowest BCUT2D eigenvalue weighted by atomic mass is 9.92. The molecule has 1 saturated carbocycles. The van der Waals surface area contributed by atoms with Gasteiger partial charge in [-0.15, -0.1) is 12.6 Å². The normalized spacial score (nSPS) is 16.7. The molecule has 18 heavy (non-hydrogen) atoms. The number of rotatable bonds is 4. The van der Waals surface area contributed by atoms with Crippen LogP contribution in [0.1, 0.15) is 37.0 Å². The van der Waals surface area contributed by atoms with Crippen LogP contribution >= 0.6 is 28.6 Å². The van der Waals surface area contributed by atoms with E-state index < -0.39 is 0 Å². The largest absolute Gasteiger partial charge is 0.351 e. The number of benzene rings is 1. The molecule has 1 aromatic carbocycles. The fourth-order valence-electron chi connectivity index (χ4n) is 2.16. The highest BCUT2D eigenvalue weighted by Crippen LogP contribution is 2.51. The van der Waals surface area contributed by atoms with Gasteiger partial charge < -0.3 is 5.32 Å². The summed E-state index contributed by atoms with van der Waals surface area (Å²) in [7, 11) is 0. The minimum Gasteiger partial charge on any atom is -0.351 e. The molecule has 1 aromatic rings. The van der Waals surface area contributed by atoms with Crippen LogP contribution in [0.2, 0.25) is 0 Å². The third kappa shape index (κ3) is 2.91. The molecule has 4 heteroatoms. The summed E-state index contributed by atoms with van der Waals surface area (Å²) in [5.74, 6) is 0.599. The van der Waals surface area contributed by atoms with Crippen LogP contribution in [0, 0.1) is 11.3 Å². The van der Waals surface area contributed by atoms with Gasteiger partial charge in [0.15, 0.2) is 0 Å². The maximum absolute atomic E-state index is 12.1. The molecule has 1 fully saturated rings. The Labute approximate surface area is 122 Å². The zero-order chi connectivity index (χ0) is 13.3. The molecule has 0 saturated heterocycles. The molecule has 0 aliphatic heterocycles. The summed E-state index contributed by atoms with van der Waals surface area (Å²) in [4.78, 5) is 12.9. The molecule has 0 aromatic heterocycles. The Morgan fingerprint density at radius 3 is 2.72 bits per heavy atom. The van der Waals surface area contributed by atoms with Gasteiger partial charge in [0, 0.05) is 15.9 Å². The second kappa shape index (κ2) is 5.25. The second-order valence-electron chi connectivity index (χ2n) is 5.36. The number of carbonyl (C=O) groups excluding carboxylic acids is 1. The molecule has 2 nitrogen and oxygen atoms in total. The van der Waals surface area contributed by atoms with Crippen molar-refractivity contribution >= 4 is 34.5 Å². The first-order chi connectivity index (χ1) is 8.44. The maximum Gasteiger partial charge on any atom is 0.252 e. The Hall–Kier alpha value is -0.480. The SMILES string of the molecule is CC(C)C1(CNC(=O)c2cc(S)ccc2Br)CC1. The van der Waals surface area contributed by atoms with E-state index in [1.165, 1.54) is 12.8 Å². The molecule has 0 spiro atoms. The lowest BCUT2D eigenvalue weighted by molar-refractivity contribution is 0.0939. The second-order valence-corrected chi connectivity index (χ2v) is 6.73. The molecule has 0 heterocycles. The zero-order valence-electron chi connectivity index (χ0n) is 10.7. The van der Waals surface area contributed by atoms with E-state index in [1.54, 1.807) is 6.07 Å². The zero-order valence-corrected chi connectivity index (χ0v) is 13.1. The van der Waals surface area contributed by atoms with E-state index >= 15 is 0 Å². The summed E-state index contributed by atoms with van der Waals surface area (Å²) in [5.41, 5.74) is 0.989. The van der Waals surface area contributed by atoms with Crippen molar-refractivity contribution in [1.29, 1.82) is 0 Å². The average molecular weight is 328 g/mol. The molecular formula is C14H18BrNOS. The van der Waals surface area contributed by atoms with Crippen LogP contribution < -0.4 is 5.32 Å². The first-order valence-corrected chi connectivity index (χ1v) is 7.45. The predicted octanol–water partition coefficient (Wildman–Crippen LogP) is 3.90. The standard InChI is InChI=1S/C14H18BrNOS/c1-9(2)14(5-6-14)8-16-13(17)11-7-10(18)3-4-12(11)15/h3-4,7,9,18H,5-6,8H2,1-2H3,(H,16,17). The van der Waals surface area contributed by atoms with Gasteiger partial charge in [-0.05, 0) is 58.3 Å². The molecule has 98 valence electrons. The van der Waals surface area contributed by atoms with Gasteiger partial charge in [-0.25, -0.2) is 0 Å². The number of halogens is 1. The van der Waals surface area contributed by atoms with Crippen molar-refractivity contribution in [2.75, 3.05) is 6.54 Å². The van der Waals surface area contributed by atoms with Crippen molar-refractivity contribution in [2.24, 2.45) is 11.3 Å². The van der Waals surface area contributed by atoms with E-state index in [4.69, 9.17) is 0 Å². The summed E-state index contributed by atoms with van der Waals surface area (Å²) in [6.45, 7) is 5.22. The minimum atomic E-state index is -0.0234. The van der Waals surface area contributed by atoms with E-state index in [2.05, 4.69) is 47.7 Å². The van der Waals surface area contributed by atoms with E-state index in [-0.39, 0.29) is 5.91 Å². The lowest BCUT2D eigenvalue weighted by Gasteiger charge is -2.20. The van der Waals surface area contributed by atoms with Gasteiger partial charge in [-0.1, -0.05) is 13.8 Å². The predicted molar refractivity (Wildman–Crippen MR) is 80.2 cm³/mol. The van der Waals surface area contributed by atoms with Crippen molar-refractivity contribution in [2.45, 2.75) is 31.6 Å². The summed E-state index contributed by atoms with van der Waals surface area (Å²) >= 11 is 7.67. The number of amides is 1. The van der Waals surface area contributed by atoms with Crippen LogP contribution in [0.25, 0.3) is 0 Å². The Kier molecular flexibility index (Phi) is 4.07. The van der Waals surface area contributed by atoms with Crippen LogP contribution in [0.5, 0.6) is 0 Å². The number of hydrogen-bond acceptors (Lipinski definition) is 2. The van der Waals surface area contributed by atoms with Gasteiger partial charge in [0.1, 0.15) is 0 Å². The third-order valence-corrected chi connectivity index (χ3v) is 4.88. The Balaban J connectivity index is 2.02. The van der Waals surface area contributed by atoms with Crippen molar-refractivity contribution in [1.82, 2.24) is 5.32 Å². The Morgan fingerprint density at radius 2 is 2.17 bits per heavy atom. The molecule has 1 aliphatic carbocycles. The van der Waals surface area contributed by atoms with Crippen LogP contribution in [0.4, 0.5) is 0 Å². The van der Waals surface area contributed by atoms with Gasteiger partial charge in [-0.2, -0.15) is 0 Å². The summed E-state index contributed by atoms with van der Waals surface area (Å²) < 4.78 is 0.812. The Bertz CT molecular complexity index is 469. The molecule has 0 bridgehead atoms. The number of nitrogens with one attached hydrogen (secondary N) is 1. The van der Waals surface area contributed by atoms with Gasteiger partial charge in [0.2, 0.25) is 0 Å². The monoisotopic (exact) mass is 327 g/mol. The third-order valence-electron chi connectivity index (χ3n) is 3.91. The van der Waals surface area contributed by atoms with Crippen molar-refractivity contribution in [3.05, 3.63) is 28.2 Å². The number of thiol groups is 1. The molecule has 0 unspecified atom stereocenters. The van der Waals surface area contributed by atoms with Gasteiger partial charge >= 0.3 is 0 Å². The summed E-state index contributed by atoms with van der Waals surface area (Å²) in [5, 5.41) is 3.05. The highest BCUT2D eigenvalue weighted by molar-refractivity contribution is 9.10. The molecule has 0 atom stereocenters. The summed E-state index contributed by atoms with van der Waals surface area (Å²) in [6, 6.07) is 5.50. The highest BCUT2D eigenvalue weighted by Gasteiger charge is 2.45. The highest BCUT2D eigenvalue weighted by atomic mass is 79.9. The molecule has 1 N–H and O–H groups in total. The Morgan fingerprint density at radius 1 is 1.50 bits per heavy atom.